The first kappa shape index (κ1) is 17.4. The minimum Gasteiger partial charge on any atom is -0.463 e. The zero-order valence-corrected chi connectivity index (χ0v) is 14.7. The van der Waals surface area contributed by atoms with Gasteiger partial charge in [-0.15, -0.1) is 0 Å². The molecule has 0 bridgehead atoms. The number of esters is 1. The monoisotopic (exact) mass is 335 g/mol. The standard InChI is InChI=1S/C22H25NO2/c1-2-25-22(24)20-15-9-14-19(18-12-7-4-8-13-18)21(20)23-16-17-10-5-3-6-11-17/h3-8,10-13,15,19,21,23H,2,9,14,16H2,1H3/t19-,21+/m1/s1. The summed E-state index contributed by atoms with van der Waals surface area (Å²) in [5.74, 6) is 0.0722. The summed E-state index contributed by atoms with van der Waals surface area (Å²) in [5, 5.41) is 3.61. The maximum atomic E-state index is 12.5. The zero-order valence-electron chi connectivity index (χ0n) is 14.7. The Bertz CT molecular complexity index is 709. The topological polar surface area (TPSA) is 38.3 Å². The first-order valence-corrected chi connectivity index (χ1v) is 8.99. The molecule has 0 aliphatic heterocycles. The third-order valence-electron chi connectivity index (χ3n) is 4.69. The molecule has 0 fully saturated rings. The van der Waals surface area contributed by atoms with E-state index in [2.05, 4.69) is 41.7 Å². The molecule has 1 aliphatic rings. The minimum atomic E-state index is -0.200. The summed E-state index contributed by atoms with van der Waals surface area (Å²) in [7, 11) is 0. The molecule has 0 unspecified atom stereocenters. The Morgan fingerprint density at radius 3 is 2.44 bits per heavy atom. The molecule has 0 saturated heterocycles. The van der Waals surface area contributed by atoms with E-state index in [0.29, 0.717) is 6.61 Å². The second-order valence-electron chi connectivity index (χ2n) is 6.32. The molecule has 3 heteroatoms. The Kier molecular flexibility index (Phi) is 6.02. The van der Waals surface area contributed by atoms with E-state index in [1.807, 2.05) is 37.3 Å². The van der Waals surface area contributed by atoms with Gasteiger partial charge in [-0.2, -0.15) is 0 Å². The van der Waals surface area contributed by atoms with E-state index in [4.69, 9.17) is 4.74 Å². The van der Waals surface area contributed by atoms with Gasteiger partial charge in [0.05, 0.1) is 12.2 Å². The van der Waals surface area contributed by atoms with Crippen LogP contribution in [-0.2, 0) is 16.1 Å². The van der Waals surface area contributed by atoms with Crippen LogP contribution in [0.2, 0.25) is 0 Å². The number of benzene rings is 2. The molecule has 0 amide bonds. The van der Waals surface area contributed by atoms with Crippen LogP contribution in [0.15, 0.2) is 72.3 Å². The Hall–Kier alpha value is -2.39. The van der Waals surface area contributed by atoms with Crippen molar-refractivity contribution in [1.82, 2.24) is 5.32 Å². The average Bonchev–Trinajstić information content (AvgIpc) is 2.68. The summed E-state index contributed by atoms with van der Waals surface area (Å²) in [4.78, 5) is 12.5. The number of nitrogens with one attached hydrogen (secondary N) is 1. The fourth-order valence-electron chi connectivity index (χ4n) is 3.49. The van der Waals surface area contributed by atoms with Gasteiger partial charge in [0.15, 0.2) is 0 Å². The van der Waals surface area contributed by atoms with Gasteiger partial charge >= 0.3 is 5.97 Å². The predicted molar refractivity (Wildman–Crippen MR) is 100 cm³/mol. The van der Waals surface area contributed by atoms with Crippen LogP contribution >= 0.6 is 0 Å². The molecule has 130 valence electrons. The molecule has 25 heavy (non-hydrogen) atoms. The van der Waals surface area contributed by atoms with E-state index >= 15 is 0 Å². The van der Waals surface area contributed by atoms with Crippen LogP contribution in [0.5, 0.6) is 0 Å². The third kappa shape index (κ3) is 4.37. The first-order valence-electron chi connectivity index (χ1n) is 8.99. The van der Waals surface area contributed by atoms with Gasteiger partial charge in [0.25, 0.3) is 0 Å². The molecule has 2 aromatic rings. The molecular formula is C22H25NO2. The van der Waals surface area contributed by atoms with Gasteiger partial charge in [-0.3, -0.25) is 0 Å². The van der Waals surface area contributed by atoms with Gasteiger partial charge in [-0.1, -0.05) is 66.7 Å². The molecule has 2 aromatic carbocycles. The number of hydrogen-bond donors (Lipinski definition) is 1. The van der Waals surface area contributed by atoms with Crippen LogP contribution in [-0.4, -0.2) is 18.6 Å². The summed E-state index contributed by atoms with van der Waals surface area (Å²) in [5.41, 5.74) is 3.24. The van der Waals surface area contributed by atoms with E-state index in [1.165, 1.54) is 11.1 Å². The maximum Gasteiger partial charge on any atom is 0.335 e. The molecule has 2 atom stereocenters. The molecule has 0 heterocycles. The minimum absolute atomic E-state index is 0.0320. The molecule has 0 aromatic heterocycles. The van der Waals surface area contributed by atoms with E-state index in [0.717, 1.165) is 25.0 Å². The Labute approximate surface area is 149 Å². The van der Waals surface area contributed by atoms with Crippen LogP contribution in [0.4, 0.5) is 0 Å². The highest BCUT2D eigenvalue weighted by Gasteiger charge is 2.32. The van der Waals surface area contributed by atoms with Crippen LogP contribution in [0, 0.1) is 0 Å². The highest BCUT2D eigenvalue weighted by atomic mass is 16.5. The Balaban J connectivity index is 1.84. The van der Waals surface area contributed by atoms with Gasteiger partial charge in [0.1, 0.15) is 0 Å². The molecule has 0 radical (unpaired) electrons. The van der Waals surface area contributed by atoms with Crippen LogP contribution in [0.25, 0.3) is 0 Å². The van der Waals surface area contributed by atoms with E-state index < -0.39 is 0 Å². The summed E-state index contributed by atoms with van der Waals surface area (Å²) in [6, 6.07) is 20.7. The first-order chi connectivity index (χ1) is 12.3. The van der Waals surface area contributed by atoms with Crippen LogP contribution < -0.4 is 5.32 Å². The van der Waals surface area contributed by atoms with Crippen molar-refractivity contribution in [3.05, 3.63) is 83.4 Å². The number of allylic oxidation sites excluding steroid dienone is 1. The summed E-state index contributed by atoms with van der Waals surface area (Å²) >= 11 is 0. The van der Waals surface area contributed by atoms with Crippen LogP contribution in [0.3, 0.4) is 0 Å². The lowest BCUT2D eigenvalue weighted by atomic mass is 9.79. The summed E-state index contributed by atoms with van der Waals surface area (Å²) in [6.07, 6.45) is 3.97. The number of hydrogen-bond acceptors (Lipinski definition) is 3. The van der Waals surface area contributed by atoms with Gasteiger partial charge in [-0.05, 0) is 30.9 Å². The fourth-order valence-corrected chi connectivity index (χ4v) is 3.49. The van der Waals surface area contributed by atoms with Crippen molar-refractivity contribution in [2.75, 3.05) is 6.61 Å². The lowest BCUT2D eigenvalue weighted by Gasteiger charge is -2.33. The quantitative estimate of drug-likeness (QED) is 0.804. The second-order valence-corrected chi connectivity index (χ2v) is 6.32. The lowest BCUT2D eigenvalue weighted by molar-refractivity contribution is -0.139. The van der Waals surface area contributed by atoms with Crippen molar-refractivity contribution >= 4 is 5.97 Å². The van der Waals surface area contributed by atoms with Crippen molar-refractivity contribution in [3.8, 4) is 0 Å². The molecule has 3 nitrogen and oxygen atoms in total. The SMILES string of the molecule is CCOC(=O)C1=CCC[C@H](c2ccccc2)[C@@H]1NCc1ccccc1. The third-order valence-corrected chi connectivity index (χ3v) is 4.69. The van der Waals surface area contributed by atoms with Gasteiger partial charge in [-0.25, -0.2) is 4.79 Å². The second kappa shape index (κ2) is 8.63. The number of carbonyl (C=O) groups excluding carboxylic acids is 1. The van der Waals surface area contributed by atoms with Crippen LogP contribution in [0.1, 0.15) is 36.8 Å². The van der Waals surface area contributed by atoms with Gasteiger partial charge < -0.3 is 10.1 Å². The summed E-state index contributed by atoms with van der Waals surface area (Å²) in [6.45, 7) is 2.98. The highest BCUT2D eigenvalue weighted by molar-refractivity contribution is 5.90. The maximum absolute atomic E-state index is 12.5. The molecule has 0 saturated carbocycles. The normalized spacial score (nSPS) is 20.0. The zero-order chi connectivity index (χ0) is 17.5. The van der Waals surface area contributed by atoms with E-state index in [-0.39, 0.29) is 17.9 Å². The largest absolute Gasteiger partial charge is 0.463 e. The molecule has 1 N–H and O–H groups in total. The Morgan fingerprint density at radius 2 is 1.76 bits per heavy atom. The Morgan fingerprint density at radius 1 is 1.08 bits per heavy atom. The average molecular weight is 335 g/mol. The van der Waals surface area contributed by atoms with Gasteiger partial charge in [0.2, 0.25) is 0 Å². The van der Waals surface area contributed by atoms with Crippen molar-refractivity contribution in [1.29, 1.82) is 0 Å². The molecular weight excluding hydrogens is 310 g/mol. The van der Waals surface area contributed by atoms with Crippen molar-refractivity contribution in [3.63, 3.8) is 0 Å². The number of rotatable bonds is 6. The lowest BCUT2D eigenvalue weighted by Crippen LogP contribution is -2.41. The smallest absolute Gasteiger partial charge is 0.335 e. The fraction of sp³-hybridized carbons (Fsp3) is 0.318. The van der Waals surface area contributed by atoms with E-state index in [9.17, 15) is 4.79 Å². The highest BCUT2D eigenvalue weighted by Crippen LogP contribution is 2.34. The molecule has 0 spiro atoms. The number of ether oxygens (including phenoxy) is 1. The molecule has 3 rings (SSSR count). The predicted octanol–water partition coefficient (Wildman–Crippen LogP) is 4.21. The molecule has 1 aliphatic carbocycles. The summed E-state index contributed by atoms with van der Waals surface area (Å²) < 4.78 is 5.30. The van der Waals surface area contributed by atoms with Crippen molar-refractivity contribution < 1.29 is 9.53 Å². The van der Waals surface area contributed by atoms with E-state index in [1.54, 1.807) is 0 Å². The number of carbonyl (C=O) groups is 1. The van der Waals surface area contributed by atoms with Gasteiger partial charge in [0, 0.05) is 18.5 Å². The van der Waals surface area contributed by atoms with Crippen molar-refractivity contribution in [2.24, 2.45) is 0 Å². The van der Waals surface area contributed by atoms with Crippen molar-refractivity contribution in [2.45, 2.75) is 38.3 Å².